The lowest BCUT2D eigenvalue weighted by atomic mass is 10.1. The first-order valence-corrected chi connectivity index (χ1v) is 8.81. The zero-order chi connectivity index (χ0) is 19.0. The lowest BCUT2D eigenvalue weighted by molar-refractivity contribution is 0.102. The van der Waals surface area contributed by atoms with Crippen LogP contribution in [0.15, 0.2) is 60.9 Å². The van der Waals surface area contributed by atoms with E-state index in [0.29, 0.717) is 17.1 Å². The van der Waals surface area contributed by atoms with E-state index in [1.54, 1.807) is 12.3 Å². The topological polar surface area (TPSA) is 59.3 Å². The summed E-state index contributed by atoms with van der Waals surface area (Å²) in [5.74, 6) is -0.200. The van der Waals surface area contributed by atoms with Gasteiger partial charge in [-0.2, -0.15) is 0 Å². The zero-order valence-electron chi connectivity index (χ0n) is 15.5. The molecule has 27 heavy (non-hydrogen) atoms. The van der Waals surface area contributed by atoms with Gasteiger partial charge in [0.15, 0.2) is 0 Å². The van der Waals surface area contributed by atoms with Crippen LogP contribution in [0.25, 0.3) is 16.9 Å². The van der Waals surface area contributed by atoms with E-state index in [2.05, 4.69) is 10.3 Å². The predicted octanol–water partition coefficient (Wildman–Crippen LogP) is 4.57. The van der Waals surface area contributed by atoms with Gasteiger partial charge >= 0.3 is 0 Å². The van der Waals surface area contributed by atoms with E-state index in [4.69, 9.17) is 4.98 Å². The highest BCUT2D eigenvalue weighted by molar-refractivity contribution is 6.07. The SMILES string of the molecule is Cc1ccc(-c2nc3ccc(C)cn3c2C(=O)Nc2ccnc(C)c2)cc1. The minimum atomic E-state index is -0.200. The molecule has 0 bridgehead atoms. The number of benzene rings is 1. The third-order valence-corrected chi connectivity index (χ3v) is 4.46. The fourth-order valence-electron chi connectivity index (χ4n) is 3.09. The van der Waals surface area contributed by atoms with Crippen LogP contribution < -0.4 is 5.32 Å². The van der Waals surface area contributed by atoms with Crippen LogP contribution in [-0.2, 0) is 0 Å². The van der Waals surface area contributed by atoms with Crippen molar-refractivity contribution in [2.75, 3.05) is 5.32 Å². The number of carbonyl (C=O) groups excluding carboxylic acids is 1. The molecular formula is C22H20N4O. The second-order valence-corrected chi connectivity index (χ2v) is 6.75. The summed E-state index contributed by atoms with van der Waals surface area (Å²) in [5.41, 5.74) is 6.63. The standard InChI is InChI=1S/C22H20N4O/c1-14-4-7-17(8-5-14)20-21(26-13-15(2)6-9-19(26)25-20)22(27)24-18-10-11-23-16(3)12-18/h4-13H,1-3H3,(H,23,24,27). The monoisotopic (exact) mass is 356 g/mol. The maximum absolute atomic E-state index is 13.2. The fraction of sp³-hybridized carbons (Fsp3) is 0.136. The van der Waals surface area contributed by atoms with Gasteiger partial charge in [0.1, 0.15) is 17.0 Å². The molecule has 0 unspecified atom stereocenters. The molecule has 1 N–H and O–H groups in total. The molecule has 1 amide bonds. The second-order valence-electron chi connectivity index (χ2n) is 6.75. The van der Waals surface area contributed by atoms with Gasteiger partial charge in [-0.05, 0) is 44.5 Å². The van der Waals surface area contributed by atoms with Crippen LogP contribution in [0.5, 0.6) is 0 Å². The molecule has 0 aliphatic heterocycles. The average Bonchev–Trinajstić information content (AvgIpc) is 3.01. The highest BCUT2D eigenvalue weighted by atomic mass is 16.2. The molecule has 4 rings (SSSR count). The van der Waals surface area contributed by atoms with E-state index >= 15 is 0 Å². The molecule has 0 saturated heterocycles. The minimum absolute atomic E-state index is 0.200. The first-order valence-electron chi connectivity index (χ1n) is 8.81. The van der Waals surface area contributed by atoms with Crippen molar-refractivity contribution in [3.63, 3.8) is 0 Å². The summed E-state index contributed by atoms with van der Waals surface area (Å²) in [4.78, 5) is 22.1. The first-order chi connectivity index (χ1) is 13.0. The minimum Gasteiger partial charge on any atom is -0.321 e. The Labute approximate surface area is 157 Å². The lowest BCUT2D eigenvalue weighted by Gasteiger charge is -2.08. The number of hydrogen-bond acceptors (Lipinski definition) is 3. The molecule has 4 aromatic rings. The average molecular weight is 356 g/mol. The van der Waals surface area contributed by atoms with Crippen molar-refractivity contribution in [2.24, 2.45) is 0 Å². The van der Waals surface area contributed by atoms with E-state index < -0.39 is 0 Å². The number of imidazole rings is 1. The molecule has 0 radical (unpaired) electrons. The maximum atomic E-state index is 13.2. The lowest BCUT2D eigenvalue weighted by Crippen LogP contribution is -2.15. The number of amides is 1. The Morgan fingerprint density at radius 2 is 1.70 bits per heavy atom. The van der Waals surface area contributed by atoms with E-state index in [9.17, 15) is 4.79 Å². The molecule has 0 aliphatic carbocycles. The van der Waals surface area contributed by atoms with E-state index in [-0.39, 0.29) is 5.91 Å². The van der Waals surface area contributed by atoms with Crippen molar-refractivity contribution in [2.45, 2.75) is 20.8 Å². The molecule has 3 aromatic heterocycles. The summed E-state index contributed by atoms with van der Waals surface area (Å²) in [5, 5.41) is 2.98. The summed E-state index contributed by atoms with van der Waals surface area (Å²) in [6.07, 6.45) is 3.62. The van der Waals surface area contributed by atoms with Gasteiger partial charge in [-0.25, -0.2) is 4.98 Å². The molecule has 3 heterocycles. The van der Waals surface area contributed by atoms with E-state index in [1.165, 1.54) is 0 Å². The fourth-order valence-corrected chi connectivity index (χ4v) is 3.09. The number of pyridine rings is 2. The van der Waals surface area contributed by atoms with Crippen LogP contribution in [-0.4, -0.2) is 20.3 Å². The number of aryl methyl sites for hydroxylation is 3. The summed E-state index contributed by atoms with van der Waals surface area (Å²) in [7, 11) is 0. The van der Waals surface area contributed by atoms with Crippen LogP contribution in [0.3, 0.4) is 0 Å². The number of nitrogens with zero attached hydrogens (tertiary/aromatic N) is 3. The number of carbonyl (C=O) groups is 1. The van der Waals surface area contributed by atoms with Gasteiger partial charge in [-0.3, -0.25) is 14.2 Å². The third kappa shape index (κ3) is 3.31. The van der Waals surface area contributed by atoms with Gasteiger partial charge in [0.05, 0.1) is 0 Å². The number of hydrogen-bond donors (Lipinski definition) is 1. The van der Waals surface area contributed by atoms with Gasteiger partial charge in [-0.15, -0.1) is 0 Å². The second kappa shape index (κ2) is 6.68. The summed E-state index contributed by atoms with van der Waals surface area (Å²) < 4.78 is 1.86. The Morgan fingerprint density at radius 3 is 2.44 bits per heavy atom. The highest BCUT2D eigenvalue weighted by Gasteiger charge is 2.21. The Bertz CT molecular complexity index is 1140. The molecule has 5 nitrogen and oxygen atoms in total. The van der Waals surface area contributed by atoms with Crippen molar-refractivity contribution in [3.8, 4) is 11.3 Å². The molecule has 0 spiro atoms. The molecule has 1 aromatic carbocycles. The molecule has 5 heteroatoms. The van der Waals surface area contributed by atoms with Crippen LogP contribution >= 0.6 is 0 Å². The molecule has 134 valence electrons. The molecule has 0 aliphatic rings. The van der Waals surface area contributed by atoms with Crippen LogP contribution in [0.4, 0.5) is 5.69 Å². The largest absolute Gasteiger partial charge is 0.321 e. The van der Waals surface area contributed by atoms with Gasteiger partial charge in [-0.1, -0.05) is 35.9 Å². The van der Waals surface area contributed by atoms with Gasteiger partial charge in [0.25, 0.3) is 5.91 Å². The number of aromatic nitrogens is 3. The van der Waals surface area contributed by atoms with Gasteiger partial charge in [0, 0.05) is 29.3 Å². The Hall–Kier alpha value is -3.47. The Kier molecular flexibility index (Phi) is 4.20. The van der Waals surface area contributed by atoms with Gasteiger partial charge < -0.3 is 5.32 Å². The van der Waals surface area contributed by atoms with E-state index in [0.717, 1.165) is 28.0 Å². The van der Waals surface area contributed by atoms with Gasteiger partial charge in [0.2, 0.25) is 0 Å². The maximum Gasteiger partial charge on any atom is 0.274 e. The van der Waals surface area contributed by atoms with Crippen molar-refractivity contribution in [3.05, 3.63) is 83.4 Å². The van der Waals surface area contributed by atoms with Crippen molar-refractivity contribution in [1.29, 1.82) is 0 Å². The van der Waals surface area contributed by atoms with Crippen LogP contribution in [0.1, 0.15) is 27.3 Å². The number of anilines is 1. The summed E-state index contributed by atoms with van der Waals surface area (Å²) in [6, 6.07) is 15.6. The van der Waals surface area contributed by atoms with E-state index in [1.807, 2.05) is 73.8 Å². The molecular weight excluding hydrogens is 336 g/mol. The highest BCUT2D eigenvalue weighted by Crippen LogP contribution is 2.26. The number of rotatable bonds is 3. The first kappa shape index (κ1) is 17.0. The summed E-state index contributed by atoms with van der Waals surface area (Å²) in [6.45, 7) is 5.93. The van der Waals surface area contributed by atoms with Crippen molar-refractivity contribution < 1.29 is 4.79 Å². The number of nitrogens with one attached hydrogen (secondary N) is 1. The Balaban J connectivity index is 1.86. The smallest absolute Gasteiger partial charge is 0.274 e. The van der Waals surface area contributed by atoms with Crippen molar-refractivity contribution in [1.82, 2.24) is 14.4 Å². The quantitative estimate of drug-likeness (QED) is 0.585. The normalized spacial score (nSPS) is 10.9. The molecule has 0 fully saturated rings. The number of fused-ring (bicyclic) bond motifs is 1. The molecule has 0 saturated carbocycles. The third-order valence-electron chi connectivity index (χ3n) is 4.46. The van der Waals surface area contributed by atoms with Crippen LogP contribution in [0.2, 0.25) is 0 Å². The predicted molar refractivity (Wildman–Crippen MR) is 107 cm³/mol. The van der Waals surface area contributed by atoms with Crippen molar-refractivity contribution >= 4 is 17.2 Å². The summed E-state index contributed by atoms with van der Waals surface area (Å²) >= 11 is 0. The van der Waals surface area contributed by atoms with Crippen LogP contribution in [0, 0.1) is 20.8 Å². The zero-order valence-corrected chi connectivity index (χ0v) is 15.5. The molecule has 0 atom stereocenters. The Morgan fingerprint density at radius 1 is 0.963 bits per heavy atom.